The topological polar surface area (TPSA) is 63.5 Å². The lowest BCUT2D eigenvalue weighted by molar-refractivity contribution is 0.601. The molecule has 0 aliphatic rings. The molecule has 1 N–H and O–H groups in total. The smallest absolute Gasteiger partial charge is 0.263 e. The molecule has 2 heterocycles. The van der Waals surface area contributed by atoms with Gasteiger partial charge in [-0.05, 0) is 38.1 Å². The Labute approximate surface area is 133 Å². The third-order valence-corrected chi connectivity index (χ3v) is 5.35. The highest BCUT2D eigenvalue weighted by molar-refractivity contribution is 7.92. The zero-order valence-electron chi connectivity index (χ0n) is 12.0. The molecule has 0 saturated carbocycles. The molecule has 0 aliphatic carbocycles. The van der Waals surface area contributed by atoms with Crippen molar-refractivity contribution in [2.45, 2.75) is 18.7 Å². The van der Waals surface area contributed by atoms with Gasteiger partial charge in [-0.3, -0.25) is 4.72 Å². The van der Waals surface area contributed by atoms with E-state index in [1.165, 1.54) is 6.07 Å². The van der Waals surface area contributed by atoms with Gasteiger partial charge in [0.1, 0.15) is 10.5 Å². The van der Waals surface area contributed by atoms with Crippen molar-refractivity contribution in [2.75, 3.05) is 4.72 Å². The summed E-state index contributed by atoms with van der Waals surface area (Å²) in [5, 5.41) is 0.186. The molecule has 7 heteroatoms. The van der Waals surface area contributed by atoms with Crippen LogP contribution in [-0.2, 0) is 10.0 Å². The number of pyridine rings is 1. The van der Waals surface area contributed by atoms with Gasteiger partial charge < -0.3 is 4.40 Å². The molecule has 0 fully saturated rings. The summed E-state index contributed by atoms with van der Waals surface area (Å²) >= 11 is 5.96. The molecule has 5 nitrogen and oxygen atoms in total. The van der Waals surface area contributed by atoms with Crippen LogP contribution >= 0.6 is 11.6 Å². The van der Waals surface area contributed by atoms with Gasteiger partial charge in [0.05, 0.1) is 16.4 Å². The molecule has 114 valence electrons. The van der Waals surface area contributed by atoms with E-state index >= 15 is 0 Å². The maximum atomic E-state index is 12.4. The molecule has 3 aromatic rings. The second kappa shape index (κ2) is 5.30. The van der Waals surface area contributed by atoms with Crippen molar-refractivity contribution in [1.29, 1.82) is 0 Å². The second-order valence-corrected chi connectivity index (χ2v) is 7.02. The summed E-state index contributed by atoms with van der Waals surface area (Å²) < 4.78 is 29.2. The Morgan fingerprint density at radius 2 is 1.86 bits per heavy atom. The van der Waals surface area contributed by atoms with E-state index in [4.69, 9.17) is 11.6 Å². The summed E-state index contributed by atoms with van der Waals surface area (Å²) in [5.74, 6) is 0. The highest BCUT2D eigenvalue weighted by Crippen LogP contribution is 2.24. The first-order valence-corrected chi connectivity index (χ1v) is 8.47. The monoisotopic (exact) mass is 335 g/mol. The molecule has 0 bridgehead atoms. The van der Waals surface area contributed by atoms with E-state index in [1.54, 1.807) is 36.5 Å². The van der Waals surface area contributed by atoms with Crippen molar-refractivity contribution in [3.63, 3.8) is 0 Å². The van der Waals surface area contributed by atoms with Crippen molar-refractivity contribution in [3.8, 4) is 0 Å². The molecule has 0 atom stereocenters. The standard InChI is InChI=1S/C15H14ClN3O2S/c1-10-11(2)19-9-12(7-8-15(19)17-10)18-22(20,21)14-6-4-3-5-13(14)16/h3-9,18H,1-2H3. The molecular formula is C15H14ClN3O2S. The lowest BCUT2D eigenvalue weighted by Gasteiger charge is -2.10. The predicted octanol–water partition coefficient (Wildman–Crippen LogP) is 3.41. The largest absolute Gasteiger partial charge is 0.302 e. The van der Waals surface area contributed by atoms with Crippen LogP contribution in [0.4, 0.5) is 5.69 Å². The number of sulfonamides is 1. The lowest BCUT2D eigenvalue weighted by Crippen LogP contribution is -2.13. The van der Waals surface area contributed by atoms with Gasteiger partial charge in [0.2, 0.25) is 0 Å². The Bertz CT molecular complexity index is 964. The number of anilines is 1. The van der Waals surface area contributed by atoms with Crippen LogP contribution in [0.2, 0.25) is 5.02 Å². The quantitative estimate of drug-likeness (QED) is 0.797. The van der Waals surface area contributed by atoms with Gasteiger partial charge in [-0.2, -0.15) is 0 Å². The van der Waals surface area contributed by atoms with Gasteiger partial charge in [0, 0.05) is 11.9 Å². The molecule has 0 amide bonds. The van der Waals surface area contributed by atoms with Gasteiger partial charge in [-0.25, -0.2) is 13.4 Å². The predicted molar refractivity (Wildman–Crippen MR) is 86.9 cm³/mol. The zero-order valence-corrected chi connectivity index (χ0v) is 13.6. The highest BCUT2D eigenvalue weighted by Gasteiger charge is 2.18. The van der Waals surface area contributed by atoms with E-state index in [-0.39, 0.29) is 9.92 Å². The first-order chi connectivity index (χ1) is 10.4. The maximum absolute atomic E-state index is 12.4. The van der Waals surface area contributed by atoms with Gasteiger partial charge in [0.15, 0.2) is 0 Å². The van der Waals surface area contributed by atoms with Crippen molar-refractivity contribution < 1.29 is 8.42 Å². The number of fused-ring (bicyclic) bond motifs is 1. The number of hydrogen-bond donors (Lipinski definition) is 1. The number of halogens is 1. The van der Waals surface area contributed by atoms with Crippen LogP contribution in [0, 0.1) is 13.8 Å². The Balaban J connectivity index is 2.02. The molecule has 22 heavy (non-hydrogen) atoms. The SMILES string of the molecule is Cc1nc2ccc(NS(=O)(=O)c3ccccc3Cl)cn2c1C. The van der Waals surface area contributed by atoms with Crippen molar-refractivity contribution in [3.05, 3.63) is 59.0 Å². The molecule has 3 rings (SSSR count). The average molecular weight is 336 g/mol. The van der Waals surface area contributed by atoms with Crippen molar-refractivity contribution >= 4 is 33.0 Å². The molecule has 2 aromatic heterocycles. The number of aryl methyl sites for hydroxylation is 2. The van der Waals surface area contributed by atoms with Crippen LogP contribution in [0.5, 0.6) is 0 Å². The number of hydrogen-bond acceptors (Lipinski definition) is 3. The summed E-state index contributed by atoms with van der Waals surface area (Å²) in [6.07, 6.45) is 1.71. The van der Waals surface area contributed by atoms with Crippen molar-refractivity contribution in [1.82, 2.24) is 9.38 Å². The molecule has 0 unspecified atom stereocenters. The normalized spacial score (nSPS) is 11.8. The Morgan fingerprint density at radius 1 is 1.14 bits per heavy atom. The molecule has 0 radical (unpaired) electrons. The summed E-state index contributed by atoms with van der Waals surface area (Å²) in [6, 6.07) is 9.77. The first kappa shape index (κ1) is 14.9. The summed E-state index contributed by atoms with van der Waals surface area (Å²) in [5.41, 5.74) is 3.10. The first-order valence-electron chi connectivity index (χ1n) is 6.61. The fourth-order valence-corrected chi connectivity index (χ4v) is 3.78. The van der Waals surface area contributed by atoms with E-state index < -0.39 is 10.0 Å². The van der Waals surface area contributed by atoms with E-state index in [1.807, 2.05) is 18.2 Å². The minimum Gasteiger partial charge on any atom is -0.302 e. The van der Waals surface area contributed by atoms with Crippen molar-refractivity contribution in [2.24, 2.45) is 0 Å². The minimum atomic E-state index is -3.73. The third-order valence-electron chi connectivity index (χ3n) is 3.47. The number of aromatic nitrogens is 2. The number of nitrogens with zero attached hydrogens (tertiary/aromatic N) is 2. The molecule has 0 aliphatic heterocycles. The lowest BCUT2D eigenvalue weighted by atomic mass is 10.4. The Hall–Kier alpha value is -2.05. The van der Waals surface area contributed by atoms with E-state index in [0.717, 1.165) is 17.0 Å². The third kappa shape index (κ3) is 2.55. The minimum absolute atomic E-state index is 0.0512. The van der Waals surface area contributed by atoms with Crippen LogP contribution in [-0.4, -0.2) is 17.8 Å². The molecule has 0 spiro atoms. The zero-order chi connectivity index (χ0) is 15.9. The second-order valence-electron chi connectivity index (χ2n) is 4.96. The van der Waals surface area contributed by atoms with Crippen LogP contribution in [0.3, 0.4) is 0 Å². The molecule has 0 saturated heterocycles. The van der Waals surface area contributed by atoms with Crippen LogP contribution < -0.4 is 4.72 Å². The van der Waals surface area contributed by atoms with Gasteiger partial charge >= 0.3 is 0 Å². The van der Waals surface area contributed by atoms with E-state index in [0.29, 0.717) is 5.69 Å². The summed E-state index contributed by atoms with van der Waals surface area (Å²) in [4.78, 5) is 4.44. The van der Waals surface area contributed by atoms with Gasteiger partial charge in [0.25, 0.3) is 10.0 Å². The van der Waals surface area contributed by atoms with E-state index in [9.17, 15) is 8.42 Å². The van der Waals surface area contributed by atoms with Crippen LogP contribution in [0.15, 0.2) is 47.5 Å². The average Bonchev–Trinajstić information content (AvgIpc) is 2.74. The summed E-state index contributed by atoms with van der Waals surface area (Å²) in [6.45, 7) is 3.84. The Kier molecular flexibility index (Phi) is 3.58. The molecular weight excluding hydrogens is 322 g/mol. The Morgan fingerprint density at radius 3 is 2.59 bits per heavy atom. The number of imidazole rings is 1. The number of nitrogens with one attached hydrogen (secondary N) is 1. The summed E-state index contributed by atoms with van der Waals surface area (Å²) in [7, 11) is -3.73. The fraction of sp³-hybridized carbons (Fsp3) is 0.133. The maximum Gasteiger partial charge on any atom is 0.263 e. The van der Waals surface area contributed by atoms with Gasteiger partial charge in [-0.1, -0.05) is 23.7 Å². The number of benzene rings is 1. The van der Waals surface area contributed by atoms with Crippen LogP contribution in [0.25, 0.3) is 5.65 Å². The van der Waals surface area contributed by atoms with Crippen LogP contribution in [0.1, 0.15) is 11.4 Å². The number of rotatable bonds is 3. The fourth-order valence-electron chi connectivity index (χ4n) is 2.21. The highest BCUT2D eigenvalue weighted by atomic mass is 35.5. The van der Waals surface area contributed by atoms with E-state index in [2.05, 4.69) is 9.71 Å². The molecule has 1 aromatic carbocycles. The van der Waals surface area contributed by atoms with Gasteiger partial charge in [-0.15, -0.1) is 0 Å².